The second-order valence-electron chi connectivity index (χ2n) is 4.59. The van der Waals surface area contributed by atoms with Gasteiger partial charge in [-0.3, -0.25) is 4.90 Å². The predicted molar refractivity (Wildman–Crippen MR) is 72.0 cm³/mol. The van der Waals surface area contributed by atoms with E-state index in [1.807, 2.05) is 0 Å². The van der Waals surface area contributed by atoms with Crippen LogP contribution >= 0.6 is 0 Å². The summed E-state index contributed by atoms with van der Waals surface area (Å²) >= 11 is 0. The van der Waals surface area contributed by atoms with E-state index in [0.717, 1.165) is 6.07 Å². The summed E-state index contributed by atoms with van der Waals surface area (Å²) in [5.74, 6) is 4.44. The van der Waals surface area contributed by atoms with Gasteiger partial charge in [0.15, 0.2) is 0 Å². The van der Waals surface area contributed by atoms with Gasteiger partial charge in [-0.1, -0.05) is 24.8 Å². The summed E-state index contributed by atoms with van der Waals surface area (Å²) in [5, 5.41) is 8.68. The lowest BCUT2D eigenvalue weighted by Gasteiger charge is -2.23. The molecule has 1 aromatic rings. The molecule has 0 bridgehead atoms. The first-order valence-corrected chi connectivity index (χ1v) is 6.53. The minimum atomic E-state index is -4.29. The number of benzene rings is 1. The highest BCUT2D eigenvalue weighted by Gasteiger charge is 2.30. The Morgan fingerprint density at radius 3 is 2.57 bits per heavy atom. The summed E-state index contributed by atoms with van der Waals surface area (Å²) < 4.78 is 50.8. The highest BCUT2D eigenvalue weighted by molar-refractivity contribution is 5.41. The summed E-state index contributed by atoms with van der Waals surface area (Å²) in [4.78, 5) is 1.25. The van der Waals surface area contributed by atoms with Crippen LogP contribution in [0.3, 0.4) is 0 Å². The zero-order valence-corrected chi connectivity index (χ0v) is 11.7. The zero-order chi connectivity index (χ0) is 15.9. The quantitative estimate of drug-likeness (QED) is 0.668. The number of rotatable bonds is 5. The lowest BCUT2D eigenvalue weighted by molar-refractivity contribution is -0.147. The highest BCUT2D eigenvalue weighted by atomic mass is 19.4. The molecule has 0 radical (unpaired) electrons. The van der Waals surface area contributed by atoms with Crippen LogP contribution in [0.2, 0.25) is 0 Å². The van der Waals surface area contributed by atoms with Crippen molar-refractivity contribution in [2.24, 2.45) is 0 Å². The molecule has 0 heterocycles. The molecule has 0 spiro atoms. The summed E-state index contributed by atoms with van der Waals surface area (Å²) in [6.07, 6.45) is -3.71. The molecular formula is C15H17F4NO. The maximum Gasteiger partial charge on any atom is 0.401 e. The highest BCUT2D eigenvalue weighted by Crippen LogP contribution is 2.20. The summed E-state index contributed by atoms with van der Waals surface area (Å²) in [7, 11) is 0. The number of aliphatic hydroxyl groups is 1. The second kappa shape index (κ2) is 8.01. The Kier molecular flexibility index (Phi) is 6.66. The maximum atomic E-state index is 13.2. The topological polar surface area (TPSA) is 23.5 Å². The monoisotopic (exact) mass is 303 g/mol. The van der Waals surface area contributed by atoms with Crippen LogP contribution in [0.4, 0.5) is 17.6 Å². The van der Waals surface area contributed by atoms with Crippen molar-refractivity contribution in [3.8, 4) is 11.8 Å². The molecule has 0 aliphatic rings. The van der Waals surface area contributed by atoms with Crippen LogP contribution < -0.4 is 0 Å². The first kappa shape index (κ1) is 17.5. The van der Waals surface area contributed by atoms with Gasteiger partial charge in [-0.25, -0.2) is 4.39 Å². The molecule has 6 heteroatoms. The average Bonchev–Trinajstić information content (AvgIpc) is 2.37. The van der Waals surface area contributed by atoms with Gasteiger partial charge < -0.3 is 5.11 Å². The van der Waals surface area contributed by atoms with Crippen LogP contribution in [0.5, 0.6) is 0 Å². The third-order valence-electron chi connectivity index (χ3n) is 2.71. The van der Waals surface area contributed by atoms with E-state index in [-0.39, 0.29) is 13.1 Å². The van der Waals surface area contributed by atoms with Gasteiger partial charge in [-0.05, 0) is 30.7 Å². The molecule has 1 aromatic carbocycles. The fraction of sp³-hybridized carbons (Fsp3) is 0.467. The number of halogens is 4. The van der Waals surface area contributed by atoms with E-state index < -0.39 is 25.1 Å². The van der Waals surface area contributed by atoms with Crippen LogP contribution in [-0.4, -0.2) is 35.9 Å². The molecule has 0 fully saturated rings. The van der Waals surface area contributed by atoms with Crippen molar-refractivity contribution in [1.82, 2.24) is 4.90 Å². The Balaban J connectivity index is 2.97. The fourth-order valence-electron chi connectivity index (χ4n) is 1.96. The lowest BCUT2D eigenvalue weighted by atomic mass is 10.1. The van der Waals surface area contributed by atoms with Crippen molar-refractivity contribution in [3.05, 3.63) is 35.1 Å². The third kappa shape index (κ3) is 6.61. The predicted octanol–water partition coefficient (Wildman–Crippen LogP) is 2.94. The molecule has 0 amide bonds. The van der Waals surface area contributed by atoms with Gasteiger partial charge in [0.05, 0.1) is 6.54 Å². The number of alkyl halides is 3. The van der Waals surface area contributed by atoms with E-state index in [1.54, 1.807) is 6.92 Å². The van der Waals surface area contributed by atoms with Crippen molar-refractivity contribution in [2.45, 2.75) is 26.1 Å². The SMILES string of the molecule is CCCN(Cc1ccc(F)cc1C#CCO)CC(F)(F)F. The standard InChI is InChI=1S/C15H17F4NO/c1-2-7-20(11-15(17,18)19)10-13-5-6-14(16)9-12(13)4-3-8-21/h5-6,9,21H,2,7-8,10-11H2,1H3. The van der Waals surface area contributed by atoms with Crippen molar-refractivity contribution in [2.75, 3.05) is 19.7 Å². The smallest absolute Gasteiger partial charge is 0.384 e. The molecule has 0 saturated heterocycles. The molecule has 0 unspecified atom stereocenters. The van der Waals surface area contributed by atoms with Crippen molar-refractivity contribution in [1.29, 1.82) is 0 Å². The molecular weight excluding hydrogens is 286 g/mol. The molecule has 0 aromatic heterocycles. The Labute approximate surface area is 121 Å². The fourth-order valence-corrected chi connectivity index (χ4v) is 1.96. The third-order valence-corrected chi connectivity index (χ3v) is 2.71. The van der Waals surface area contributed by atoms with E-state index in [9.17, 15) is 17.6 Å². The first-order chi connectivity index (χ1) is 9.85. The Bertz CT molecular complexity index is 517. The summed E-state index contributed by atoms with van der Waals surface area (Å²) in [6.45, 7) is 0.690. The molecule has 0 saturated carbocycles. The van der Waals surface area contributed by atoms with Gasteiger partial charge in [0.25, 0.3) is 0 Å². The van der Waals surface area contributed by atoms with Gasteiger partial charge in [0, 0.05) is 12.1 Å². The number of hydrogen-bond acceptors (Lipinski definition) is 2. The van der Waals surface area contributed by atoms with Gasteiger partial charge in [0.1, 0.15) is 12.4 Å². The second-order valence-corrected chi connectivity index (χ2v) is 4.59. The van der Waals surface area contributed by atoms with Gasteiger partial charge in [-0.15, -0.1) is 0 Å². The Hall–Kier alpha value is -1.58. The van der Waals surface area contributed by atoms with Crippen LogP contribution in [-0.2, 0) is 6.54 Å². The molecule has 1 rings (SSSR count). The molecule has 1 N–H and O–H groups in total. The molecule has 0 aliphatic carbocycles. The van der Waals surface area contributed by atoms with Gasteiger partial charge in [0.2, 0.25) is 0 Å². The average molecular weight is 303 g/mol. The molecule has 2 nitrogen and oxygen atoms in total. The first-order valence-electron chi connectivity index (χ1n) is 6.53. The van der Waals surface area contributed by atoms with E-state index in [1.165, 1.54) is 17.0 Å². The van der Waals surface area contributed by atoms with Crippen LogP contribution in [0.25, 0.3) is 0 Å². The van der Waals surface area contributed by atoms with E-state index >= 15 is 0 Å². The largest absolute Gasteiger partial charge is 0.401 e. The van der Waals surface area contributed by atoms with Crippen LogP contribution in [0, 0.1) is 17.7 Å². The minimum Gasteiger partial charge on any atom is -0.384 e. The summed E-state index contributed by atoms with van der Waals surface area (Å²) in [5.41, 5.74) is 0.808. The molecule has 116 valence electrons. The summed E-state index contributed by atoms with van der Waals surface area (Å²) in [6, 6.07) is 3.78. The number of aliphatic hydroxyl groups excluding tert-OH is 1. The number of nitrogens with zero attached hydrogens (tertiary/aromatic N) is 1. The van der Waals surface area contributed by atoms with Crippen molar-refractivity contribution in [3.63, 3.8) is 0 Å². The van der Waals surface area contributed by atoms with Gasteiger partial charge >= 0.3 is 6.18 Å². The minimum absolute atomic E-state index is 0.0308. The lowest BCUT2D eigenvalue weighted by Crippen LogP contribution is -2.34. The van der Waals surface area contributed by atoms with E-state index in [4.69, 9.17) is 5.11 Å². The van der Waals surface area contributed by atoms with Crippen LogP contribution in [0.15, 0.2) is 18.2 Å². The molecule has 21 heavy (non-hydrogen) atoms. The molecule has 0 atom stereocenters. The van der Waals surface area contributed by atoms with E-state index in [2.05, 4.69) is 11.8 Å². The zero-order valence-electron chi connectivity index (χ0n) is 11.7. The molecule has 0 aliphatic heterocycles. The normalized spacial score (nSPS) is 11.4. The Morgan fingerprint density at radius 1 is 1.29 bits per heavy atom. The van der Waals surface area contributed by atoms with Crippen LogP contribution in [0.1, 0.15) is 24.5 Å². The van der Waals surface area contributed by atoms with Gasteiger partial charge in [-0.2, -0.15) is 13.2 Å². The van der Waals surface area contributed by atoms with E-state index in [0.29, 0.717) is 17.5 Å². The maximum absolute atomic E-state index is 13.2. The Morgan fingerprint density at radius 2 is 2.00 bits per heavy atom. The van der Waals surface area contributed by atoms with Crippen molar-refractivity contribution < 1.29 is 22.7 Å². The number of hydrogen-bond donors (Lipinski definition) is 1. The van der Waals surface area contributed by atoms with Crippen molar-refractivity contribution >= 4 is 0 Å².